The van der Waals surface area contributed by atoms with Crippen LogP contribution in [0.4, 0.5) is 5.69 Å². The van der Waals surface area contributed by atoms with Crippen LogP contribution in [0.1, 0.15) is 25.3 Å². The van der Waals surface area contributed by atoms with Crippen LogP contribution in [0.2, 0.25) is 0 Å². The summed E-state index contributed by atoms with van der Waals surface area (Å²) < 4.78 is 32.1. The predicted octanol–water partition coefficient (Wildman–Crippen LogP) is 2.48. The molecule has 2 aromatic rings. The lowest BCUT2D eigenvalue weighted by Gasteiger charge is -2.03. The first-order valence-electron chi connectivity index (χ1n) is 7.74. The van der Waals surface area contributed by atoms with E-state index in [0.717, 1.165) is 17.0 Å². The van der Waals surface area contributed by atoms with Gasteiger partial charge in [0.2, 0.25) is 0 Å². The molecule has 7 heteroatoms. The summed E-state index contributed by atoms with van der Waals surface area (Å²) in [7, 11) is -3.87. The Morgan fingerprint density at radius 1 is 1.17 bits per heavy atom. The van der Waals surface area contributed by atoms with Crippen molar-refractivity contribution in [2.45, 2.75) is 26.3 Å². The van der Waals surface area contributed by atoms with Gasteiger partial charge in [-0.15, -0.1) is 0 Å². The average molecular weight is 348 g/mol. The molecule has 1 aromatic heterocycles. The molecule has 0 amide bonds. The van der Waals surface area contributed by atoms with Crippen LogP contribution in [-0.4, -0.2) is 24.4 Å². The molecule has 0 atom stereocenters. The van der Waals surface area contributed by atoms with E-state index in [1.807, 2.05) is 66.3 Å². The van der Waals surface area contributed by atoms with E-state index in [-0.39, 0.29) is 5.75 Å². The second kappa shape index (κ2) is 8.56. The van der Waals surface area contributed by atoms with Crippen molar-refractivity contribution in [3.8, 4) is 0 Å². The quantitative estimate of drug-likeness (QED) is 0.252. The number of hydrazone groups is 1. The molecule has 0 saturated heterocycles. The summed E-state index contributed by atoms with van der Waals surface area (Å²) >= 11 is 0. The third-order valence-electron chi connectivity index (χ3n) is 3.47. The summed E-state index contributed by atoms with van der Waals surface area (Å²) in [5, 5.41) is 4.38. The number of benzene rings is 1. The molecule has 0 radical (unpaired) electrons. The van der Waals surface area contributed by atoms with Crippen molar-refractivity contribution in [2.75, 3.05) is 11.2 Å². The van der Waals surface area contributed by atoms with E-state index in [1.165, 1.54) is 0 Å². The van der Waals surface area contributed by atoms with Crippen molar-refractivity contribution in [3.63, 3.8) is 0 Å². The average Bonchev–Trinajstić information content (AvgIpc) is 2.57. The highest BCUT2D eigenvalue weighted by molar-refractivity contribution is 7.85. The van der Waals surface area contributed by atoms with E-state index in [1.54, 1.807) is 0 Å². The van der Waals surface area contributed by atoms with Crippen LogP contribution in [0.5, 0.6) is 0 Å². The molecule has 0 fully saturated rings. The van der Waals surface area contributed by atoms with Crippen LogP contribution in [0.3, 0.4) is 0 Å². The number of nitrogens with one attached hydrogen (secondary N) is 1. The standard InChI is InChI=1S/C17H21N3O3S/c1-15(18-19-17-9-3-2-4-10-17)16-8-7-12-20(14-16)11-5-6-13-24(21,22)23/h2-4,7-10,12,14,19H,5-6,11,13H2,1H3/p+1/b18-15-. The Kier molecular flexibility index (Phi) is 6.45. The molecule has 1 heterocycles. The Hall–Kier alpha value is -2.25. The van der Waals surface area contributed by atoms with E-state index >= 15 is 0 Å². The van der Waals surface area contributed by atoms with E-state index in [9.17, 15) is 8.42 Å². The molecule has 128 valence electrons. The Labute approximate surface area is 142 Å². The van der Waals surface area contributed by atoms with Gasteiger partial charge >= 0.3 is 0 Å². The molecule has 24 heavy (non-hydrogen) atoms. The first kappa shape index (κ1) is 18.1. The minimum Gasteiger partial charge on any atom is -0.286 e. The lowest BCUT2D eigenvalue weighted by atomic mass is 10.2. The summed E-state index contributed by atoms with van der Waals surface area (Å²) in [6, 6.07) is 13.6. The van der Waals surface area contributed by atoms with E-state index < -0.39 is 10.1 Å². The Bertz CT molecular complexity index is 790. The largest absolute Gasteiger partial charge is 0.286 e. The number of hydrogen-bond donors (Lipinski definition) is 2. The summed E-state index contributed by atoms with van der Waals surface area (Å²) in [4.78, 5) is 0. The van der Waals surface area contributed by atoms with Gasteiger partial charge in [-0.3, -0.25) is 9.98 Å². The van der Waals surface area contributed by atoms with Crippen LogP contribution in [0.25, 0.3) is 0 Å². The molecule has 6 nitrogen and oxygen atoms in total. The molecule has 0 bridgehead atoms. The normalized spacial score (nSPS) is 12.2. The molecular weight excluding hydrogens is 326 g/mol. The SMILES string of the molecule is C/C(=N/Nc1ccccc1)c1ccc[n+](CCCCS(=O)(=O)O)c1. The van der Waals surface area contributed by atoms with Gasteiger partial charge in [-0.1, -0.05) is 18.2 Å². The minimum absolute atomic E-state index is 0.200. The number of unbranched alkanes of at least 4 members (excludes halogenated alkanes) is 1. The smallest absolute Gasteiger partial charge is 0.264 e. The van der Waals surface area contributed by atoms with Gasteiger partial charge < -0.3 is 0 Å². The van der Waals surface area contributed by atoms with Gasteiger partial charge in [0.25, 0.3) is 10.1 Å². The lowest BCUT2D eigenvalue weighted by molar-refractivity contribution is -0.697. The first-order valence-corrected chi connectivity index (χ1v) is 9.35. The number of para-hydroxylation sites is 1. The fraction of sp³-hybridized carbons (Fsp3) is 0.294. The van der Waals surface area contributed by atoms with Crippen molar-refractivity contribution in [3.05, 3.63) is 60.4 Å². The van der Waals surface area contributed by atoms with Crippen molar-refractivity contribution in [1.29, 1.82) is 0 Å². The van der Waals surface area contributed by atoms with Crippen LogP contribution in [0.15, 0.2) is 60.0 Å². The zero-order valence-corrected chi connectivity index (χ0v) is 14.4. The molecule has 0 spiro atoms. The fourth-order valence-corrected chi connectivity index (χ4v) is 2.75. The molecule has 0 aliphatic carbocycles. The summed E-state index contributed by atoms with van der Waals surface area (Å²) in [6.45, 7) is 2.61. The Morgan fingerprint density at radius 3 is 2.62 bits per heavy atom. The maximum absolute atomic E-state index is 10.7. The highest BCUT2D eigenvalue weighted by Gasteiger charge is 2.08. The highest BCUT2D eigenvalue weighted by Crippen LogP contribution is 2.06. The number of aryl methyl sites for hydroxylation is 1. The van der Waals surface area contributed by atoms with Crippen molar-refractivity contribution in [2.24, 2.45) is 5.10 Å². The van der Waals surface area contributed by atoms with Gasteiger partial charge in [0.05, 0.1) is 22.7 Å². The second-order valence-electron chi connectivity index (χ2n) is 5.50. The number of anilines is 1. The van der Waals surface area contributed by atoms with Crippen molar-refractivity contribution >= 4 is 21.5 Å². The fourth-order valence-electron chi connectivity index (χ4n) is 2.18. The topological polar surface area (TPSA) is 82.6 Å². The second-order valence-corrected chi connectivity index (χ2v) is 7.07. The van der Waals surface area contributed by atoms with Gasteiger partial charge in [0.15, 0.2) is 12.4 Å². The van der Waals surface area contributed by atoms with Gasteiger partial charge in [0, 0.05) is 12.5 Å². The van der Waals surface area contributed by atoms with Crippen LogP contribution in [0, 0.1) is 0 Å². The zero-order chi connectivity index (χ0) is 17.4. The van der Waals surface area contributed by atoms with Gasteiger partial charge in [-0.05, 0) is 31.5 Å². The molecule has 0 saturated carbocycles. The van der Waals surface area contributed by atoms with Crippen LogP contribution >= 0.6 is 0 Å². The maximum atomic E-state index is 10.7. The maximum Gasteiger partial charge on any atom is 0.264 e. The summed E-state index contributed by atoms with van der Waals surface area (Å²) in [5.74, 6) is -0.200. The van der Waals surface area contributed by atoms with Crippen LogP contribution < -0.4 is 9.99 Å². The van der Waals surface area contributed by atoms with Gasteiger partial charge in [-0.25, -0.2) is 4.57 Å². The van der Waals surface area contributed by atoms with E-state index in [4.69, 9.17) is 4.55 Å². The lowest BCUT2D eigenvalue weighted by Crippen LogP contribution is -2.34. The first-order chi connectivity index (χ1) is 11.4. The highest BCUT2D eigenvalue weighted by atomic mass is 32.2. The van der Waals surface area contributed by atoms with E-state index in [2.05, 4.69) is 10.5 Å². The molecular formula is C17H22N3O3S+. The number of pyridine rings is 1. The predicted molar refractivity (Wildman–Crippen MR) is 94.6 cm³/mol. The third-order valence-corrected chi connectivity index (χ3v) is 4.28. The van der Waals surface area contributed by atoms with Crippen molar-refractivity contribution in [1.82, 2.24) is 0 Å². The third kappa shape index (κ3) is 6.47. The molecule has 0 aliphatic rings. The summed E-state index contributed by atoms with van der Waals surface area (Å²) in [6.07, 6.45) is 5.00. The monoisotopic (exact) mass is 348 g/mol. The van der Waals surface area contributed by atoms with E-state index in [0.29, 0.717) is 19.4 Å². The number of rotatable bonds is 8. The van der Waals surface area contributed by atoms with Crippen LogP contribution in [-0.2, 0) is 16.7 Å². The number of nitrogens with zero attached hydrogens (tertiary/aromatic N) is 2. The Morgan fingerprint density at radius 2 is 1.92 bits per heavy atom. The minimum atomic E-state index is -3.87. The molecule has 0 unspecified atom stereocenters. The molecule has 2 rings (SSSR count). The zero-order valence-electron chi connectivity index (χ0n) is 13.6. The number of aromatic nitrogens is 1. The van der Waals surface area contributed by atoms with Gasteiger partial charge in [-0.2, -0.15) is 13.5 Å². The van der Waals surface area contributed by atoms with Gasteiger partial charge in [0.1, 0.15) is 6.54 Å². The summed E-state index contributed by atoms with van der Waals surface area (Å²) in [5.41, 5.74) is 5.77. The molecule has 0 aliphatic heterocycles. The molecule has 1 aromatic carbocycles. The molecule has 2 N–H and O–H groups in total. The van der Waals surface area contributed by atoms with Crippen molar-refractivity contribution < 1.29 is 17.5 Å². The Balaban J connectivity index is 1.93. The number of hydrogen-bond acceptors (Lipinski definition) is 4.